The summed E-state index contributed by atoms with van der Waals surface area (Å²) in [5.74, 6) is -1.01. The summed E-state index contributed by atoms with van der Waals surface area (Å²) in [6.07, 6.45) is 5.85. The van der Waals surface area contributed by atoms with Crippen LogP contribution in [0.15, 0.2) is 12.4 Å². The van der Waals surface area contributed by atoms with Gasteiger partial charge in [0, 0.05) is 26.4 Å². The van der Waals surface area contributed by atoms with Gasteiger partial charge in [-0.1, -0.05) is 0 Å². The van der Waals surface area contributed by atoms with E-state index in [0.717, 1.165) is 19.3 Å². The molecule has 0 amide bonds. The van der Waals surface area contributed by atoms with Gasteiger partial charge in [0.2, 0.25) is 0 Å². The van der Waals surface area contributed by atoms with Crippen LogP contribution in [0.25, 0.3) is 11.0 Å². The minimum Gasteiger partial charge on any atom is -0.478 e. The van der Waals surface area contributed by atoms with Crippen LogP contribution in [0.4, 0.5) is 5.69 Å². The predicted molar refractivity (Wildman–Crippen MR) is 77.3 cm³/mol. The molecule has 2 heterocycles. The highest BCUT2D eigenvalue weighted by Crippen LogP contribution is 2.48. The van der Waals surface area contributed by atoms with Crippen LogP contribution in [0.2, 0.25) is 0 Å². The molecule has 0 bridgehead atoms. The summed E-state index contributed by atoms with van der Waals surface area (Å²) in [4.78, 5) is 15.5. The van der Waals surface area contributed by atoms with E-state index in [0.29, 0.717) is 23.3 Å². The molecule has 1 aliphatic rings. The predicted octanol–water partition coefficient (Wildman–Crippen LogP) is 1.24. The summed E-state index contributed by atoms with van der Waals surface area (Å²) in [7, 11) is 1.77. The van der Waals surface area contributed by atoms with Crippen LogP contribution in [0, 0.1) is 5.41 Å². The molecular formula is C14H18N4O3. The number of fused-ring (bicyclic) bond motifs is 1. The molecule has 7 heteroatoms. The number of carboxylic acid groups (broad SMARTS) is 1. The Morgan fingerprint density at radius 1 is 1.48 bits per heavy atom. The molecule has 0 atom stereocenters. The van der Waals surface area contributed by atoms with Crippen LogP contribution in [0.3, 0.4) is 0 Å². The minimum atomic E-state index is -1.01. The second-order valence-corrected chi connectivity index (χ2v) is 5.68. The second kappa shape index (κ2) is 5.00. The van der Waals surface area contributed by atoms with E-state index in [4.69, 9.17) is 5.11 Å². The number of nitrogens with zero attached hydrogens (tertiary/aromatic N) is 3. The van der Waals surface area contributed by atoms with E-state index in [1.807, 2.05) is 0 Å². The van der Waals surface area contributed by atoms with Crippen molar-refractivity contribution in [1.82, 2.24) is 14.8 Å². The van der Waals surface area contributed by atoms with Gasteiger partial charge < -0.3 is 15.5 Å². The monoisotopic (exact) mass is 290 g/mol. The van der Waals surface area contributed by atoms with E-state index in [1.54, 1.807) is 17.9 Å². The SMILES string of the molecule is Cn1ncc2c(NCC3(CCO)CC3)c(C(=O)O)cnc21. The summed E-state index contributed by atoms with van der Waals surface area (Å²) in [5.41, 5.74) is 1.46. The lowest BCUT2D eigenvalue weighted by atomic mass is 10.0. The fourth-order valence-corrected chi connectivity index (χ4v) is 2.65. The number of carbonyl (C=O) groups is 1. The first-order chi connectivity index (χ1) is 10.1. The number of pyridine rings is 1. The fourth-order valence-electron chi connectivity index (χ4n) is 2.65. The van der Waals surface area contributed by atoms with Crippen LogP contribution in [-0.4, -0.2) is 44.1 Å². The molecule has 1 aliphatic carbocycles. The molecule has 0 spiro atoms. The number of aliphatic hydroxyl groups is 1. The van der Waals surface area contributed by atoms with Crippen LogP contribution in [-0.2, 0) is 7.05 Å². The first-order valence-corrected chi connectivity index (χ1v) is 6.95. The number of aromatic carboxylic acids is 1. The van der Waals surface area contributed by atoms with Crippen molar-refractivity contribution in [2.24, 2.45) is 12.5 Å². The maximum Gasteiger partial charge on any atom is 0.339 e. The molecule has 21 heavy (non-hydrogen) atoms. The van der Waals surface area contributed by atoms with E-state index < -0.39 is 5.97 Å². The molecule has 0 saturated heterocycles. The second-order valence-electron chi connectivity index (χ2n) is 5.68. The zero-order chi connectivity index (χ0) is 15.0. The topological polar surface area (TPSA) is 100 Å². The Kier molecular flexibility index (Phi) is 3.29. The first kappa shape index (κ1) is 13.8. The molecule has 3 rings (SSSR count). The molecule has 0 aliphatic heterocycles. The summed E-state index contributed by atoms with van der Waals surface area (Å²) in [6, 6.07) is 0. The van der Waals surface area contributed by atoms with Gasteiger partial charge in [-0.25, -0.2) is 9.78 Å². The van der Waals surface area contributed by atoms with Gasteiger partial charge in [-0.2, -0.15) is 5.10 Å². The summed E-state index contributed by atoms with van der Waals surface area (Å²) >= 11 is 0. The van der Waals surface area contributed by atoms with Gasteiger partial charge in [0.1, 0.15) is 5.56 Å². The lowest BCUT2D eigenvalue weighted by Gasteiger charge is -2.17. The van der Waals surface area contributed by atoms with Crippen molar-refractivity contribution in [3.05, 3.63) is 18.0 Å². The molecule has 7 nitrogen and oxygen atoms in total. The first-order valence-electron chi connectivity index (χ1n) is 6.95. The highest BCUT2D eigenvalue weighted by Gasteiger charge is 2.41. The molecule has 1 fully saturated rings. The number of rotatable bonds is 6. The Morgan fingerprint density at radius 2 is 2.24 bits per heavy atom. The van der Waals surface area contributed by atoms with Gasteiger partial charge >= 0.3 is 5.97 Å². The molecule has 2 aromatic rings. The van der Waals surface area contributed by atoms with Crippen LogP contribution in [0.5, 0.6) is 0 Å². The number of aromatic nitrogens is 3. The third kappa shape index (κ3) is 2.44. The summed E-state index contributed by atoms with van der Waals surface area (Å²) in [5, 5.41) is 26.5. The molecular weight excluding hydrogens is 272 g/mol. The number of anilines is 1. The summed E-state index contributed by atoms with van der Waals surface area (Å²) in [6.45, 7) is 0.813. The number of hydrogen-bond donors (Lipinski definition) is 3. The van der Waals surface area contributed by atoms with Crippen molar-refractivity contribution >= 4 is 22.7 Å². The van der Waals surface area contributed by atoms with E-state index in [1.165, 1.54) is 6.20 Å². The Labute approximate surface area is 121 Å². The average molecular weight is 290 g/mol. The quantitative estimate of drug-likeness (QED) is 0.740. The van der Waals surface area contributed by atoms with Gasteiger partial charge in [-0.05, 0) is 24.7 Å². The van der Waals surface area contributed by atoms with Crippen molar-refractivity contribution in [1.29, 1.82) is 0 Å². The maximum absolute atomic E-state index is 11.4. The number of carboxylic acids is 1. The van der Waals surface area contributed by atoms with Gasteiger partial charge in [0.15, 0.2) is 5.65 Å². The van der Waals surface area contributed by atoms with Crippen LogP contribution >= 0.6 is 0 Å². The van der Waals surface area contributed by atoms with E-state index >= 15 is 0 Å². The van der Waals surface area contributed by atoms with Crippen molar-refractivity contribution in [2.45, 2.75) is 19.3 Å². The number of hydrogen-bond acceptors (Lipinski definition) is 5. The van der Waals surface area contributed by atoms with Gasteiger partial charge in [-0.15, -0.1) is 0 Å². The van der Waals surface area contributed by atoms with Crippen molar-refractivity contribution in [3.63, 3.8) is 0 Å². The standard InChI is InChI=1S/C14H18N4O3/c1-18-12-9(7-17-18)11(10(6-15-12)13(20)21)16-8-14(2-3-14)4-5-19/h6-7,19H,2-5,8H2,1H3,(H,15,16)(H,20,21). The molecule has 1 saturated carbocycles. The molecule has 2 aromatic heterocycles. The van der Waals surface area contributed by atoms with E-state index in [9.17, 15) is 9.90 Å². The van der Waals surface area contributed by atoms with Gasteiger partial charge in [0.05, 0.1) is 17.3 Å². The van der Waals surface area contributed by atoms with Crippen LogP contribution in [0.1, 0.15) is 29.6 Å². The number of aliphatic hydroxyl groups excluding tert-OH is 1. The lowest BCUT2D eigenvalue weighted by molar-refractivity contribution is 0.0697. The Hall–Kier alpha value is -2.15. The van der Waals surface area contributed by atoms with Crippen LogP contribution < -0.4 is 5.32 Å². The highest BCUT2D eigenvalue weighted by molar-refractivity contribution is 6.03. The number of nitrogens with one attached hydrogen (secondary N) is 1. The lowest BCUT2D eigenvalue weighted by Crippen LogP contribution is -2.18. The normalized spacial score (nSPS) is 16.1. The van der Waals surface area contributed by atoms with Crippen molar-refractivity contribution in [2.75, 3.05) is 18.5 Å². The summed E-state index contributed by atoms with van der Waals surface area (Å²) < 4.78 is 1.62. The minimum absolute atomic E-state index is 0.0995. The Balaban J connectivity index is 1.95. The molecule has 0 radical (unpaired) electrons. The van der Waals surface area contributed by atoms with Gasteiger partial charge in [-0.3, -0.25) is 4.68 Å². The maximum atomic E-state index is 11.4. The van der Waals surface area contributed by atoms with Gasteiger partial charge in [0.25, 0.3) is 0 Å². The molecule has 112 valence electrons. The number of aryl methyl sites for hydroxylation is 1. The largest absolute Gasteiger partial charge is 0.478 e. The molecule has 0 unspecified atom stereocenters. The Bertz CT molecular complexity index is 691. The Morgan fingerprint density at radius 3 is 2.86 bits per heavy atom. The third-order valence-corrected chi connectivity index (χ3v) is 4.23. The average Bonchev–Trinajstić information content (AvgIpc) is 3.12. The fraction of sp³-hybridized carbons (Fsp3) is 0.500. The zero-order valence-electron chi connectivity index (χ0n) is 11.8. The molecule has 0 aromatic carbocycles. The smallest absolute Gasteiger partial charge is 0.339 e. The van der Waals surface area contributed by atoms with E-state index in [-0.39, 0.29) is 17.6 Å². The zero-order valence-corrected chi connectivity index (χ0v) is 11.8. The van der Waals surface area contributed by atoms with Crippen molar-refractivity contribution in [3.8, 4) is 0 Å². The van der Waals surface area contributed by atoms with Crippen molar-refractivity contribution < 1.29 is 15.0 Å². The molecule has 3 N–H and O–H groups in total. The van der Waals surface area contributed by atoms with E-state index in [2.05, 4.69) is 15.4 Å². The third-order valence-electron chi connectivity index (χ3n) is 4.23. The highest BCUT2D eigenvalue weighted by atomic mass is 16.4.